The first-order chi connectivity index (χ1) is 15.3. The fourth-order valence-corrected chi connectivity index (χ4v) is 4.45. The number of ether oxygens (including phenoxy) is 2. The van der Waals surface area contributed by atoms with Crippen LogP contribution in [0.3, 0.4) is 0 Å². The van der Waals surface area contributed by atoms with Crippen LogP contribution in [0.15, 0.2) is 47.1 Å². The summed E-state index contributed by atoms with van der Waals surface area (Å²) in [6.07, 6.45) is 2.41. The Bertz CT molecular complexity index is 953. The molecule has 0 spiro atoms. The predicted molar refractivity (Wildman–Crippen MR) is 120 cm³/mol. The number of methoxy groups -OCH3 is 2. The Balaban J connectivity index is 1.33. The number of likely N-dealkylation sites (tertiary alicyclic amines) is 1. The number of rotatable bonds is 10. The molecule has 0 bridgehead atoms. The maximum atomic E-state index is 5.52. The Kier molecular flexibility index (Phi) is 7.51. The molecule has 7 heteroatoms. The molecule has 1 aliphatic heterocycles. The monoisotopic (exact) mass is 424 g/mol. The molecule has 1 saturated heterocycles. The summed E-state index contributed by atoms with van der Waals surface area (Å²) in [5.74, 6) is 1.66. The van der Waals surface area contributed by atoms with Gasteiger partial charge < -0.3 is 9.47 Å². The molecular formula is C24H32N4O3. The molecule has 7 nitrogen and oxygen atoms in total. The summed E-state index contributed by atoms with van der Waals surface area (Å²) in [7, 11) is 3.51. The second-order valence-corrected chi connectivity index (χ2v) is 8.31. The van der Waals surface area contributed by atoms with Crippen molar-refractivity contribution < 1.29 is 14.1 Å². The summed E-state index contributed by atoms with van der Waals surface area (Å²) in [5, 5.41) is 8.08. The molecule has 0 amide bonds. The third-order valence-electron chi connectivity index (χ3n) is 6.19. The fraction of sp³-hybridized carbons (Fsp3) is 0.500. The van der Waals surface area contributed by atoms with Crippen molar-refractivity contribution >= 4 is 11.0 Å². The molecule has 31 heavy (non-hydrogen) atoms. The quantitative estimate of drug-likeness (QED) is 0.493. The number of hydrogen-bond acceptors (Lipinski definition) is 7. The molecule has 3 aromatic rings. The lowest BCUT2D eigenvalue weighted by atomic mass is 9.95. The lowest BCUT2D eigenvalue weighted by molar-refractivity contribution is 0.106. The van der Waals surface area contributed by atoms with E-state index < -0.39 is 0 Å². The Hall–Kier alpha value is -2.48. The number of aromatic nitrogens is 2. The van der Waals surface area contributed by atoms with E-state index in [1.165, 1.54) is 18.4 Å². The summed E-state index contributed by atoms with van der Waals surface area (Å²) in [4.78, 5) is 5.02. The van der Waals surface area contributed by atoms with Gasteiger partial charge >= 0.3 is 0 Å². The van der Waals surface area contributed by atoms with E-state index in [0.717, 1.165) is 68.2 Å². The molecule has 2 aromatic carbocycles. The standard InChI is InChI=1S/C24H32N4O3/c1-29-15-14-28(18-21-7-5-8-22-24(21)26-31-25-22)16-19-10-12-27(13-11-19)17-20-6-3-4-9-23(20)30-2/h3-9,19H,10-18H2,1-2H3. The zero-order chi connectivity index (χ0) is 21.5. The molecule has 166 valence electrons. The lowest BCUT2D eigenvalue weighted by Gasteiger charge is -2.35. The van der Waals surface area contributed by atoms with Crippen LogP contribution >= 0.6 is 0 Å². The first-order valence-corrected chi connectivity index (χ1v) is 11.0. The molecular weight excluding hydrogens is 392 g/mol. The second kappa shape index (κ2) is 10.7. The van der Waals surface area contributed by atoms with Crippen molar-refractivity contribution in [2.45, 2.75) is 25.9 Å². The molecule has 0 radical (unpaired) electrons. The number of fused-ring (bicyclic) bond motifs is 1. The van der Waals surface area contributed by atoms with E-state index in [-0.39, 0.29) is 0 Å². The van der Waals surface area contributed by atoms with Gasteiger partial charge in [-0.15, -0.1) is 0 Å². The number of hydrogen-bond donors (Lipinski definition) is 0. The Labute approximate surface area is 183 Å². The van der Waals surface area contributed by atoms with Crippen molar-refractivity contribution in [2.24, 2.45) is 5.92 Å². The number of para-hydroxylation sites is 1. The van der Waals surface area contributed by atoms with Crippen LogP contribution in [0, 0.1) is 5.92 Å². The van der Waals surface area contributed by atoms with Crippen LogP contribution in [0.5, 0.6) is 5.75 Å². The number of nitrogens with zero attached hydrogens (tertiary/aromatic N) is 4. The summed E-state index contributed by atoms with van der Waals surface area (Å²) in [6.45, 7) is 6.70. The van der Waals surface area contributed by atoms with Crippen LogP contribution < -0.4 is 4.74 Å². The van der Waals surface area contributed by atoms with Crippen molar-refractivity contribution in [3.63, 3.8) is 0 Å². The number of benzene rings is 2. The maximum absolute atomic E-state index is 5.52. The molecule has 2 heterocycles. The van der Waals surface area contributed by atoms with Gasteiger partial charge in [0.15, 0.2) is 0 Å². The molecule has 4 rings (SSSR count). The minimum absolute atomic E-state index is 0.681. The van der Waals surface area contributed by atoms with Gasteiger partial charge in [-0.3, -0.25) is 9.80 Å². The van der Waals surface area contributed by atoms with Crippen LogP contribution in [-0.4, -0.2) is 67.1 Å². The van der Waals surface area contributed by atoms with Gasteiger partial charge in [-0.2, -0.15) is 0 Å². The van der Waals surface area contributed by atoms with E-state index in [2.05, 4.69) is 38.3 Å². The van der Waals surface area contributed by atoms with E-state index in [9.17, 15) is 0 Å². The van der Waals surface area contributed by atoms with Crippen LogP contribution in [0.2, 0.25) is 0 Å². The van der Waals surface area contributed by atoms with Crippen LogP contribution in [0.1, 0.15) is 24.0 Å². The molecule has 0 unspecified atom stereocenters. The van der Waals surface area contributed by atoms with E-state index in [1.54, 1.807) is 14.2 Å². The van der Waals surface area contributed by atoms with Crippen molar-refractivity contribution in [3.8, 4) is 5.75 Å². The Morgan fingerprint density at radius 1 is 1.03 bits per heavy atom. The third-order valence-corrected chi connectivity index (χ3v) is 6.19. The number of piperidine rings is 1. The van der Waals surface area contributed by atoms with Gasteiger partial charge in [0, 0.05) is 38.9 Å². The predicted octanol–water partition coefficient (Wildman–Crippen LogP) is 3.59. The summed E-state index contributed by atoms with van der Waals surface area (Å²) < 4.78 is 15.8. The average Bonchev–Trinajstić information content (AvgIpc) is 3.29. The SMILES string of the molecule is COCCN(Cc1cccc2nonc12)CC1CCN(Cc2ccccc2OC)CC1. The molecule has 1 aliphatic rings. The van der Waals surface area contributed by atoms with E-state index in [4.69, 9.17) is 14.1 Å². The second-order valence-electron chi connectivity index (χ2n) is 8.31. The topological polar surface area (TPSA) is 63.9 Å². The zero-order valence-electron chi connectivity index (χ0n) is 18.5. The Morgan fingerprint density at radius 2 is 1.84 bits per heavy atom. The highest BCUT2D eigenvalue weighted by molar-refractivity contribution is 5.76. The van der Waals surface area contributed by atoms with Crippen molar-refractivity contribution in [1.82, 2.24) is 20.1 Å². The molecule has 1 fully saturated rings. The van der Waals surface area contributed by atoms with Gasteiger partial charge in [-0.25, -0.2) is 4.63 Å². The minimum atomic E-state index is 0.681. The van der Waals surface area contributed by atoms with E-state index in [1.807, 2.05) is 24.3 Å². The molecule has 0 aliphatic carbocycles. The zero-order valence-corrected chi connectivity index (χ0v) is 18.5. The molecule has 0 N–H and O–H groups in total. The summed E-state index contributed by atoms with van der Waals surface area (Å²) in [6, 6.07) is 14.4. The van der Waals surface area contributed by atoms with Gasteiger partial charge in [-0.05, 0) is 59.9 Å². The van der Waals surface area contributed by atoms with Crippen molar-refractivity contribution in [2.75, 3.05) is 47.0 Å². The highest BCUT2D eigenvalue weighted by atomic mass is 16.6. The van der Waals surface area contributed by atoms with Crippen LogP contribution in [0.4, 0.5) is 0 Å². The molecule has 0 saturated carbocycles. The highest BCUT2D eigenvalue weighted by Gasteiger charge is 2.23. The molecule has 0 atom stereocenters. The molecule has 1 aromatic heterocycles. The van der Waals surface area contributed by atoms with Crippen LogP contribution in [-0.2, 0) is 17.8 Å². The maximum Gasteiger partial charge on any atom is 0.139 e. The van der Waals surface area contributed by atoms with E-state index >= 15 is 0 Å². The summed E-state index contributed by atoms with van der Waals surface area (Å²) >= 11 is 0. The first kappa shape index (κ1) is 21.7. The average molecular weight is 425 g/mol. The third kappa shape index (κ3) is 5.61. The smallest absolute Gasteiger partial charge is 0.139 e. The first-order valence-electron chi connectivity index (χ1n) is 11.0. The fourth-order valence-electron chi connectivity index (χ4n) is 4.45. The van der Waals surface area contributed by atoms with Crippen molar-refractivity contribution in [1.29, 1.82) is 0 Å². The van der Waals surface area contributed by atoms with Gasteiger partial charge in [0.2, 0.25) is 0 Å². The normalized spacial score (nSPS) is 15.7. The van der Waals surface area contributed by atoms with Gasteiger partial charge in [-0.1, -0.05) is 30.3 Å². The highest BCUT2D eigenvalue weighted by Crippen LogP contribution is 2.25. The largest absolute Gasteiger partial charge is 0.496 e. The van der Waals surface area contributed by atoms with Gasteiger partial charge in [0.1, 0.15) is 16.8 Å². The Morgan fingerprint density at radius 3 is 2.65 bits per heavy atom. The summed E-state index contributed by atoms with van der Waals surface area (Å²) in [5.41, 5.74) is 4.09. The lowest BCUT2D eigenvalue weighted by Crippen LogP contribution is -2.39. The van der Waals surface area contributed by atoms with Gasteiger partial charge in [0.05, 0.1) is 13.7 Å². The van der Waals surface area contributed by atoms with Crippen molar-refractivity contribution in [3.05, 3.63) is 53.6 Å². The van der Waals surface area contributed by atoms with Crippen LogP contribution in [0.25, 0.3) is 11.0 Å². The minimum Gasteiger partial charge on any atom is -0.496 e. The van der Waals surface area contributed by atoms with E-state index in [0.29, 0.717) is 5.92 Å². The van der Waals surface area contributed by atoms with Gasteiger partial charge in [0.25, 0.3) is 0 Å².